The Morgan fingerprint density at radius 2 is 1.97 bits per heavy atom. The van der Waals surface area contributed by atoms with E-state index in [1.165, 1.54) is 37.5 Å². The van der Waals surface area contributed by atoms with Gasteiger partial charge in [0.2, 0.25) is 0 Å². The number of aliphatic hydroxyl groups is 1. The highest BCUT2D eigenvalue weighted by Gasteiger charge is 2.44. The number of piperidine rings is 1. The second kappa shape index (κ2) is 7.30. The van der Waals surface area contributed by atoms with Crippen LogP contribution in [-0.4, -0.2) is 42.6 Å². The minimum absolute atomic E-state index is 0.0348. The van der Waals surface area contributed by atoms with Crippen LogP contribution in [0.15, 0.2) is 18.5 Å². The van der Waals surface area contributed by atoms with Gasteiger partial charge in [-0.1, -0.05) is 6.92 Å². The van der Waals surface area contributed by atoms with E-state index in [4.69, 9.17) is 10.7 Å². The Labute approximate surface area is 191 Å². The predicted octanol–water partition coefficient (Wildman–Crippen LogP) is 3.11. The van der Waals surface area contributed by atoms with Gasteiger partial charge in [-0.3, -0.25) is 9.78 Å². The third kappa shape index (κ3) is 3.50. The van der Waals surface area contributed by atoms with Gasteiger partial charge in [-0.15, -0.1) is 0 Å². The van der Waals surface area contributed by atoms with Crippen molar-refractivity contribution in [1.82, 2.24) is 24.9 Å². The van der Waals surface area contributed by atoms with E-state index in [9.17, 15) is 14.3 Å². The molecule has 2 aliphatic heterocycles. The van der Waals surface area contributed by atoms with Crippen molar-refractivity contribution in [1.29, 1.82) is 0 Å². The second-order valence-corrected chi connectivity index (χ2v) is 10.3. The number of nitrogens with one attached hydrogen (secondary N) is 1. The van der Waals surface area contributed by atoms with Gasteiger partial charge in [-0.2, -0.15) is 9.61 Å². The molecule has 0 saturated carbocycles. The summed E-state index contributed by atoms with van der Waals surface area (Å²) >= 11 is 0. The molecule has 0 amide bonds. The molecule has 3 aromatic heterocycles. The lowest BCUT2D eigenvalue weighted by Crippen LogP contribution is -2.46. The van der Waals surface area contributed by atoms with E-state index in [1.54, 1.807) is 6.20 Å². The number of rotatable bonds is 4. The van der Waals surface area contributed by atoms with Crippen molar-refractivity contribution in [2.75, 3.05) is 5.73 Å². The standard InChI is InChI=1S/C24H29FN6O2/c1-12(32)18-20(24(4)8-14-5-6-15(9-24)29-14)30-22-16(11-28-31(22)21(18)26)13-7-17(25)19(27-10-13)23(2,3)33/h7,10-11,14-15,29,33H,5-6,8-9,26H2,1-4H3/t14-,15?,24?/m1/s1. The summed E-state index contributed by atoms with van der Waals surface area (Å²) in [6, 6.07) is 2.11. The first kappa shape index (κ1) is 21.9. The number of hydrogen-bond donors (Lipinski definition) is 3. The number of fused-ring (bicyclic) bond motifs is 3. The number of carbonyl (C=O) groups excluding carboxylic acids is 1. The van der Waals surface area contributed by atoms with Crippen molar-refractivity contribution in [3.05, 3.63) is 41.2 Å². The molecule has 33 heavy (non-hydrogen) atoms. The molecule has 3 aromatic rings. The van der Waals surface area contributed by atoms with E-state index < -0.39 is 11.4 Å². The Morgan fingerprint density at radius 1 is 1.30 bits per heavy atom. The van der Waals surface area contributed by atoms with Gasteiger partial charge in [0.15, 0.2) is 11.4 Å². The van der Waals surface area contributed by atoms with Crippen LogP contribution in [0.2, 0.25) is 0 Å². The first-order chi connectivity index (χ1) is 15.5. The fraction of sp³-hybridized carbons (Fsp3) is 0.500. The van der Waals surface area contributed by atoms with E-state index in [-0.39, 0.29) is 22.7 Å². The minimum atomic E-state index is -1.40. The van der Waals surface area contributed by atoms with Crippen LogP contribution in [-0.2, 0) is 11.0 Å². The van der Waals surface area contributed by atoms with Crippen molar-refractivity contribution < 1.29 is 14.3 Å². The zero-order chi connectivity index (χ0) is 23.7. The topological polar surface area (TPSA) is 118 Å². The summed E-state index contributed by atoms with van der Waals surface area (Å²) in [4.78, 5) is 21.8. The molecule has 5 rings (SSSR count). The molecular weight excluding hydrogens is 423 g/mol. The quantitative estimate of drug-likeness (QED) is 0.521. The smallest absolute Gasteiger partial charge is 0.165 e. The van der Waals surface area contributed by atoms with Gasteiger partial charge in [0.1, 0.15) is 22.9 Å². The first-order valence-electron chi connectivity index (χ1n) is 11.3. The summed E-state index contributed by atoms with van der Waals surface area (Å²) < 4.78 is 16.2. The molecule has 9 heteroatoms. The first-order valence-corrected chi connectivity index (χ1v) is 11.3. The Morgan fingerprint density at radius 3 is 2.55 bits per heavy atom. The van der Waals surface area contributed by atoms with E-state index in [2.05, 4.69) is 22.3 Å². The van der Waals surface area contributed by atoms with Gasteiger partial charge < -0.3 is 16.2 Å². The summed E-state index contributed by atoms with van der Waals surface area (Å²) in [5.74, 6) is -0.527. The number of nitrogen functional groups attached to an aromatic ring is 1. The lowest BCUT2D eigenvalue weighted by atomic mass is 9.73. The molecule has 2 unspecified atom stereocenters. The summed E-state index contributed by atoms with van der Waals surface area (Å²) in [7, 11) is 0. The van der Waals surface area contributed by atoms with Crippen LogP contribution in [0.1, 0.15) is 75.1 Å². The van der Waals surface area contributed by atoms with Crippen LogP contribution in [0.25, 0.3) is 16.8 Å². The van der Waals surface area contributed by atoms with E-state index in [1.807, 2.05) is 0 Å². The average molecular weight is 453 g/mol. The van der Waals surface area contributed by atoms with Crippen molar-refractivity contribution in [3.8, 4) is 11.1 Å². The van der Waals surface area contributed by atoms with Gasteiger partial charge in [0.25, 0.3) is 0 Å². The monoisotopic (exact) mass is 452 g/mol. The van der Waals surface area contributed by atoms with Crippen LogP contribution >= 0.6 is 0 Å². The fourth-order valence-electron chi connectivity index (χ4n) is 5.63. The number of Topliss-reactive ketones (excluding diaryl/α,β-unsaturated/α-hetero) is 1. The highest BCUT2D eigenvalue weighted by molar-refractivity contribution is 6.00. The van der Waals surface area contributed by atoms with Crippen molar-refractivity contribution in [3.63, 3.8) is 0 Å². The Kier molecular flexibility index (Phi) is 4.84. The third-order valence-corrected chi connectivity index (χ3v) is 7.07. The Bertz CT molecular complexity index is 1270. The number of aromatic nitrogens is 4. The highest BCUT2D eigenvalue weighted by atomic mass is 19.1. The Balaban J connectivity index is 1.70. The largest absolute Gasteiger partial charge is 0.384 e. The van der Waals surface area contributed by atoms with Gasteiger partial charge in [0, 0.05) is 34.8 Å². The van der Waals surface area contributed by atoms with Gasteiger partial charge in [-0.25, -0.2) is 9.37 Å². The molecule has 5 heterocycles. The number of carbonyl (C=O) groups is 1. The minimum Gasteiger partial charge on any atom is -0.384 e. The number of hydrogen-bond acceptors (Lipinski definition) is 7. The molecule has 3 atom stereocenters. The lowest BCUT2D eigenvalue weighted by Gasteiger charge is -2.39. The van der Waals surface area contributed by atoms with Crippen LogP contribution in [0.5, 0.6) is 0 Å². The highest BCUT2D eigenvalue weighted by Crippen LogP contribution is 2.44. The Hall–Kier alpha value is -2.91. The molecule has 174 valence electrons. The van der Waals surface area contributed by atoms with Crippen molar-refractivity contribution in [2.45, 2.75) is 76.5 Å². The molecular formula is C24H29FN6O2. The van der Waals surface area contributed by atoms with E-state index >= 15 is 0 Å². The van der Waals surface area contributed by atoms with Crippen molar-refractivity contribution >= 4 is 17.2 Å². The SMILES string of the molecule is CC(=O)c1c(C2(C)CC3CC[C@H](C2)N3)nc2c(-c3cnc(C(C)(C)O)c(F)c3)cnn2c1N. The van der Waals surface area contributed by atoms with Crippen LogP contribution in [0.3, 0.4) is 0 Å². The van der Waals surface area contributed by atoms with E-state index in [0.29, 0.717) is 40.1 Å². The van der Waals surface area contributed by atoms with Crippen LogP contribution in [0.4, 0.5) is 10.2 Å². The number of nitrogens with zero attached hydrogens (tertiary/aromatic N) is 4. The summed E-state index contributed by atoms with van der Waals surface area (Å²) in [6.07, 6.45) is 7.02. The van der Waals surface area contributed by atoms with Gasteiger partial charge in [-0.05, 0) is 52.5 Å². The number of halogens is 1. The molecule has 2 aliphatic rings. The summed E-state index contributed by atoms with van der Waals surface area (Å²) in [5, 5.41) is 18.1. The zero-order valence-corrected chi connectivity index (χ0v) is 19.3. The second-order valence-electron chi connectivity index (χ2n) is 10.3. The summed E-state index contributed by atoms with van der Waals surface area (Å²) in [5.41, 5.74) is 7.30. The third-order valence-electron chi connectivity index (χ3n) is 7.07. The van der Waals surface area contributed by atoms with Gasteiger partial charge >= 0.3 is 0 Å². The average Bonchev–Trinajstić information content (AvgIpc) is 3.29. The molecule has 0 aliphatic carbocycles. The van der Waals surface area contributed by atoms with Crippen molar-refractivity contribution in [2.24, 2.45) is 0 Å². The maximum absolute atomic E-state index is 14.8. The normalized spacial score (nSPS) is 25.0. The van der Waals surface area contributed by atoms with Gasteiger partial charge in [0.05, 0.1) is 17.5 Å². The number of nitrogens with two attached hydrogens (primary N) is 1. The molecule has 2 saturated heterocycles. The maximum atomic E-state index is 14.8. The van der Waals surface area contributed by atoms with Crippen LogP contribution in [0, 0.1) is 5.82 Å². The summed E-state index contributed by atoms with van der Waals surface area (Å²) in [6.45, 7) is 6.62. The molecule has 0 spiro atoms. The molecule has 0 radical (unpaired) electrons. The maximum Gasteiger partial charge on any atom is 0.165 e. The molecule has 2 bridgehead atoms. The predicted molar refractivity (Wildman–Crippen MR) is 122 cm³/mol. The number of pyridine rings is 1. The number of anilines is 1. The number of ketones is 1. The lowest BCUT2D eigenvalue weighted by molar-refractivity contribution is 0.0695. The molecule has 0 aromatic carbocycles. The van der Waals surface area contributed by atoms with E-state index in [0.717, 1.165) is 25.7 Å². The molecule has 4 N–H and O–H groups in total. The fourth-order valence-corrected chi connectivity index (χ4v) is 5.63. The molecule has 8 nitrogen and oxygen atoms in total. The molecule has 2 fully saturated rings. The zero-order valence-electron chi connectivity index (χ0n) is 19.3. The van der Waals surface area contributed by atoms with Crippen LogP contribution < -0.4 is 11.1 Å².